The van der Waals surface area contributed by atoms with Crippen molar-refractivity contribution in [3.05, 3.63) is 12.2 Å². The predicted molar refractivity (Wildman–Crippen MR) is 81.5 cm³/mol. The average molecular weight is 292 g/mol. The maximum Gasteiger partial charge on any atom is 0.308 e. The van der Waals surface area contributed by atoms with Crippen LogP contribution in [0.25, 0.3) is 0 Å². The van der Waals surface area contributed by atoms with E-state index in [1.807, 2.05) is 6.92 Å². The summed E-state index contributed by atoms with van der Waals surface area (Å²) in [5.41, 5.74) is 1.09. The molecule has 0 aromatic rings. The average Bonchev–Trinajstić information content (AvgIpc) is 2.87. The largest absolute Gasteiger partial charge is 0.432 e. The number of fused-ring (bicyclic) bond motifs is 1. The fourth-order valence-corrected chi connectivity index (χ4v) is 5.00. The van der Waals surface area contributed by atoms with Gasteiger partial charge in [-0.3, -0.25) is 4.79 Å². The zero-order valence-corrected chi connectivity index (χ0v) is 13.8. The molecule has 0 radical (unpaired) electrons. The van der Waals surface area contributed by atoms with Crippen molar-refractivity contribution < 1.29 is 14.3 Å². The number of carbonyl (C=O) groups excluding carboxylic acids is 1. The predicted octanol–water partition coefficient (Wildman–Crippen LogP) is 4.07. The minimum absolute atomic E-state index is 0.141. The Labute approximate surface area is 128 Å². The lowest BCUT2D eigenvalue weighted by Gasteiger charge is -2.45. The van der Waals surface area contributed by atoms with Crippen LogP contribution in [0, 0.1) is 23.7 Å². The van der Waals surface area contributed by atoms with Gasteiger partial charge < -0.3 is 9.47 Å². The van der Waals surface area contributed by atoms with Gasteiger partial charge in [-0.25, -0.2) is 0 Å². The van der Waals surface area contributed by atoms with Crippen molar-refractivity contribution in [2.75, 3.05) is 0 Å². The van der Waals surface area contributed by atoms with Gasteiger partial charge in [0.1, 0.15) is 0 Å². The monoisotopic (exact) mass is 292 g/mol. The van der Waals surface area contributed by atoms with E-state index in [1.54, 1.807) is 0 Å². The molecule has 1 saturated carbocycles. The SMILES string of the molecule is C=C1C[C@]2(OC(=O)CC)O[C@@]3(C[C@H]2C(C)C)[C@@H](C)CC[C@@H]13. The molecule has 21 heavy (non-hydrogen) atoms. The summed E-state index contributed by atoms with van der Waals surface area (Å²) in [4.78, 5) is 12.0. The number of hydrogen-bond donors (Lipinski definition) is 0. The molecule has 1 aliphatic carbocycles. The van der Waals surface area contributed by atoms with Crippen LogP contribution >= 0.6 is 0 Å². The van der Waals surface area contributed by atoms with E-state index in [0.717, 1.165) is 6.42 Å². The molecule has 0 aromatic carbocycles. The Morgan fingerprint density at radius 3 is 2.81 bits per heavy atom. The van der Waals surface area contributed by atoms with E-state index in [-0.39, 0.29) is 17.5 Å². The van der Waals surface area contributed by atoms with Gasteiger partial charge in [0.05, 0.1) is 5.60 Å². The van der Waals surface area contributed by atoms with Crippen LogP contribution in [0.5, 0.6) is 0 Å². The molecule has 0 N–H and O–H groups in total. The van der Waals surface area contributed by atoms with Crippen LogP contribution in [0.2, 0.25) is 0 Å². The fourth-order valence-electron chi connectivity index (χ4n) is 5.00. The van der Waals surface area contributed by atoms with Gasteiger partial charge in [-0.2, -0.15) is 0 Å². The Kier molecular flexibility index (Phi) is 3.47. The highest BCUT2D eigenvalue weighted by molar-refractivity contribution is 5.69. The summed E-state index contributed by atoms with van der Waals surface area (Å²) in [5.74, 6) is 0.763. The third-order valence-corrected chi connectivity index (χ3v) is 6.13. The lowest BCUT2D eigenvalue weighted by molar-refractivity contribution is -0.280. The van der Waals surface area contributed by atoms with Crippen LogP contribution in [0.1, 0.15) is 59.8 Å². The molecule has 2 aliphatic heterocycles. The zero-order chi connectivity index (χ0) is 15.4. The van der Waals surface area contributed by atoms with Gasteiger partial charge in [-0.15, -0.1) is 0 Å². The molecule has 3 nitrogen and oxygen atoms in total. The van der Waals surface area contributed by atoms with Gasteiger partial charge in [0, 0.05) is 24.7 Å². The van der Waals surface area contributed by atoms with E-state index < -0.39 is 5.79 Å². The van der Waals surface area contributed by atoms with Crippen LogP contribution in [0.15, 0.2) is 12.2 Å². The topological polar surface area (TPSA) is 35.5 Å². The van der Waals surface area contributed by atoms with Crippen molar-refractivity contribution in [3.8, 4) is 0 Å². The van der Waals surface area contributed by atoms with Crippen molar-refractivity contribution in [2.24, 2.45) is 23.7 Å². The van der Waals surface area contributed by atoms with Gasteiger partial charge in [0.2, 0.25) is 5.79 Å². The summed E-state index contributed by atoms with van der Waals surface area (Å²) in [7, 11) is 0. The normalized spacial score (nSPS) is 45.0. The Morgan fingerprint density at radius 2 is 2.19 bits per heavy atom. The first-order chi connectivity index (χ1) is 9.84. The summed E-state index contributed by atoms with van der Waals surface area (Å²) in [6, 6.07) is 0. The van der Waals surface area contributed by atoms with Gasteiger partial charge >= 0.3 is 5.97 Å². The quantitative estimate of drug-likeness (QED) is 0.581. The molecular weight excluding hydrogens is 264 g/mol. The zero-order valence-electron chi connectivity index (χ0n) is 13.8. The van der Waals surface area contributed by atoms with Crippen molar-refractivity contribution in [2.45, 2.75) is 71.2 Å². The van der Waals surface area contributed by atoms with E-state index in [1.165, 1.54) is 18.4 Å². The van der Waals surface area contributed by atoms with E-state index >= 15 is 0 Å². The van der Waals surface area contributed by atoms with Gasteiger partial charge in [0.25, 0.3) is 0 Å². The Morgan fingerprint density at radius 1 is 1.48 bits per heavy atom. The van der Waals surface area contributed by atoms with Crippen LogP contribution < -0.4 is 0 Å². The molecular formula is C18H28O3. The molecule has 5 atom stereocenters. The van der Waals surface area contributed by atoms with Crippen molar-refractivity contribution in [1.29, 1.82) is 0 Å². The van der Waals surface area contributed by atoms with Gasteiger partial charge in [-0.1, -0.05) is 39.8 Å². The summed E-state index contributed by atoms with van der Waals surface area (Å²) in [6.07, 6.45) is 4.44. The lowest BCUT2D eigenvalue weighted by Crippen LogP contribution is -2.51. The first kappa shape index (κ1) is 15.1. The van der Waals surface area contributed by atoms with Crippen LogP contribution in [0.4, 0.5) is 0 Å². The summed E-state index contributed by atoms with van der Waals surface area (Å²) < 4.78 is 12.5. The summed E-state index contributed by atoms with van der Waals surface area (Å²) >= 11 is 0. The second kappa shape index (κ2) is 4.84. The first-order valence-electron chi connectivity index (χ1n) is 8.44. The minimum Gasteiger partial charge on any atom is -0.432 e. The Hall–Kier alpha value is -0.830. The van der Waals surface area contributed by atoms with Crippen LogP contribution in [-0.2, 0) is 14.3 Å². The second-order valence-corrected chi connectivity index (χ2v) is 7.62. The number of hydrogen-bond acceptors (Lipinski definition) is 3. The minimum atomic E-state index is -0.757. The van der Waals surface area contributed by atoms with Gasteiger partial charge in [0.15, 0.2) is 0 Å². The molecule has 3 heteroatoms. The van der Waals surface area contributed by atoms with Crippen LogP contribution in [0.3, 0.4) is 0 Å². The molecule has 0 unspecified atom stereocenters. The molecule has 3 aliphatic rings. The maximum atomic E-state index is 12.0. The molecule has 3 fully saturated rings. The van der Waals surface area contributed by atoms with E-state index in [2.05, 4.69) is 27.4 Å². The van der Waals surface area contributed by atoms with Crippen molar-refractivity contribution in [1.82, 2.24) is 0 Å². The summed E-state index contributed by atoms with van der Waals surface area (Å²) in [6.45, 7) is 12.9. The summed E-state index contributed by atoms with van der Waals surface area (Å²) in [5, 5.41) is 0. The standard InChI is InChI=1S/C18H28O3/c1-6-16(19)20-18-9-12(4)14-8-7-13(5)17(14,21-18)10-15(18)11(2)3/h11,13-15H,4,6-10H2,1-3,5H3/t13-,14-,15-,17-,18-/m0/s1. The molecule has 118 valence electrons. The lowest BCUT2D eigenvalue weighted by atomic mass is 9.77. The first-order valence-corrected chi connectivity index (χ1v) is 8.44. The number of carbonyl (C=O) groups is 1. The Balaban J connectivity index is 2.01. The Bertz CT molecular complexity index is 469. The molecule has 2 saturated heterocycles. The van der Waals surface area contributed by atoms with E-state index in [4.69, 9.17) is 9.47 Å². The molecule has 0 amide bonds. The fraction of sp³-hybridized carbons (Fsp3) is 0.833. The van der Waals surface area contributed by atoms with Crippen molar-refractivity contribution in [3.63, 3.8) is 0 Å². The number of ether oxygens (including phenoxy) is 2. The van der Waals surface area contributed by atoms with E-state index in [0.29, 0.717) is 30.6 Å². The van der Waals surface area contributed by atoms with Crippen molar-refractivity contribution >= 4 is 5.97 Å². The highest BCUT2D eigenvalue weighted by Gasteiger charge is 2.68. The van der Waals surface area contributed by atoms with E-state index in [9.17, 15) is 4.79 Å². The second-order valence-electron chi connectivity index (χ2n) is 7.62. The third kappa shape index (κ3) is 2.00. The molecule has 2 bridgehead atoms. The number of esters is 1. The number of rotatable bonds is 3. The highest BCUT2D eigenvalue weighted by atomic mass is 16.7. The molecule has 1 spiro atoms. The van der Waals surface area contributed by atoms with Crippen LogP contribution in [-0.4, -0.2) is 17.4 Å². The smallest absolute Gasteiger partial charge is 0.308 e. The van der Waals surface area contributed by atoms with Gasteiger partial charge in [-0.05, 0) is 31.1 Å². The highest BCUT2D eigenvalue weighted by Crippen LogP contribution is 2.64. The maximum absolute atomic E-state index is 12.0. The third-order valence-electron chi connectivity index (χ3n) is 6.13. The molecule has 2 heterocycles. The molecule has 3 rings (SSSR count). The molecule has 0 aromatic heterocycles.